The maximum absolute atomic E-state index is 8.98. The third kappa shape index (κ3) is 2.73. The second-order valence-corrected chi connectivity index (χ2v) is 3.63. The van der Waals surface area contributed by atoms with Crippen LogP contribution in [0.3, 0.4) is 0 Å². The van der Waals surface area contributed by atoms with Crippen molar-refractivity contribution in [2.75, 3.05) is 11.1 Å². The Morgan fingerprint density at radius 3 is 2.94 bits per heavy atom. The first-order valence-electron chi connectivity index (χ1n) is 5.22. The maximum Gasteiger partial charge on any atom is 0.101 e. The van der Waals surface area contributed by atoms with E-state index in [0.717, 1.165) is 11.3 Å². The smallest absolute Gasteiger partial charge is 0.101 e. The minimum atomic E-state index is 0.550. The average Bonchev–Trinajstić information content (AvgIpc) is 2.38. The highest BCUT2D eigenvalue weighted by Gasteiger charge is 2.01. The van der Waals surface area contributed by atoms with Crippen LogP contribution < -0.4 is 11.1 Å². The van der Waals surface area contributed by atoms with Gasteiger partial charge in [-0.25, -0.2) is 0 Å². The van der Waals surface area contributed by atoms with Crippen molar-refractivity contribution in [2.45, 2.75) is 6.54 Å². The van der Waals surface area contributed by atoms with Crippen LogP contribution in [0, 0.1) is 11.3 Å². The van der Waals surface area contributed by atoms with Gasteiger partial charge in [-0.15, -0.1) is 0 Å². The highest BCUT2D eigenvalue weighted by atomic mass is 14.9. The van der Waals surface area contributed by atoms with Crippen LogP contribution in [-0.4, -0.2) is 4.98 Å². The third-order valence-electron chi connectivity index (χ3n) is 2.37. The van der Waals surface area contributed by atoms with Gasteiger partial charge in [0.05, 0.1) is 11.3 Å². The predicted octanol–water partition coefficient (Wildman–Crippen LogP) is 2.15. The van der Waals surface area contributed by atoms with Crippen molar-refractivity contribution >= 4 is 11.4 Å². The topological polar surface area (TPSA) is 74.7 Å². The largest absolute Gasteiger partial charge is 0.399 e. The summed E-state index contributed by atoms with van der Waals surface area (Å²) in [6.07, 6.45) is 3.52. The van der Waals surface area contributed by atoms with Crippen LogP contribution in [0.15, 0.2) is 42.7 Å². The molecule has 0 aliphatic heterocycles. The molecule has 0 unspecified atom stereocenters. The first-order chi connectivity index (χ1) is 8.29. The summed E-state index contributed by atoms with van der Waals surface area (Å²) in [5.41, 5.74) is 8.61. The van der Waals surface area contributed by atoms with E-state index in [-0.39, 0.29) is 0 Å². The Morgan fingerprint density at radius 2 is 2.24 bits per heavy atom. The Bertz CT molecular complexity index is 543. The SMILES string of the molecule is N#Cc1cc(N)ccc1NCc1cccnc1. The van der Waals surface area contributed by atoms with Gasteiger partial charge < -0.3 is 11.1 Å². The Hall–Kier alpha value is -2.54. The minimum absolute atomic E-state index is 0.550. The zero-order valence-electron chi connectivity index (χ0n) is 9.22. The van der Waals surface area contributed by atoms with Gasteiger partial charge in [0.1, 0.15) is 6.07 Å². The Labute approximate surface area is 99.7 Å². The van der Waals surface area contributed by atoms with Gasteiger partial charge in [-0.1, -0.05) is 6.07 Å². The van der Waals surface area contributed by atoms with Crippen molar-refractivity contribution in [2.24, 2.45) is 0 Å². The van der Waals surface area contributed by atoms with Crippen molar-refractivity contribution in [1.29, 1.82) is 5.26 Å². The summed E-state index contributed by atoms with van der Waals surface area (Å²) >= 11 is 0. The first kappa shape index (κ1) is 11.0. The van der Waals surface area contributed by atoms with Gasteiger partial charge in [0.15, 0.2) is 0 Å². The zero-order valence-corrected chi connectivity index (χ0v) is 9.22. The molecule has 4 heteroatoms. The van der Waals surface area contributed by atoms with E-state index in [2.05, 4.69) is 16.4 Å². The van der Waals surface area contributed by atoms with E-state index in [9.17, 15) is 0 Å². The van der Waals surface area contributed by atoms with Crippen molar-refractivity contribution in [3.05, 3.63) is 53.9 Å². The fourth-order valence-electron chi connectivity index (χ4n) is 1.51. The second-order valence-electron chi connectivity index (χ2n) is 3.63. The Kier molecular flexibility index (Phi) is 3.22. The molecule has 0 aliphatic carbocycles. The molecule has 0 saturated heterocycles. The standard InChI is InChI=1S/C13H12N4/c14-7-11-6-12(15)3-4-13(11)17-9-10-2-1-5-16-8-10/h1-6,8,17H,9,15H2. The lowest BCUT2D eigenvalue weighted by Crippen LogP contribution is -2.02. The van der Waals surface area contributed by atoms with E-state index in [4.69, 9.17) is 11.0 Å². The summed E-state index contributed by atoms with van der Waals surface area (Å²) in [7, 11) is 0. The molecule has 0 amide bonds. The number of pyridine rings is 1. The molecule has 0 saturated carbocycles. The molecular formula is C13H12N4. The summed E-state index contributed by atoms with van der Waals surface area (Å²) in [4.78, 5) is 4.03. The molecular weight excluding hydrogens is 212 g/mol. The molecule has 1 aromatic carbocycles. The quantitative estimate of drug-likeness (QED) is 0.783. The summed E-state index contributed by atoms with van der Waals surface area (Å²) in [6, 6.07) is 11.2. The van der Waals surface area contributed by atoms with Crippen molar-refractivity contribution < 1.29 is 0 Å². The molecule has 0 spiro atoms. The molecule has 0 aliphatic rings. The molecule has 4 nitrogen and oxygen atoms in total. The van der Waals surface area contributed by atoms with Crippen LogP contribution >= 0.6 is 0 Å². The molecule has 0 radical (unpaired) electrons. The lowest BCUT2D eigenvalue weighted by Gasteiger charge is -2.08. The lowest BCUT2D eigenvalue weighted by molar-refractivity contribution is 1.11. The van der Waals surface area contributed by atoms with Gasteiger partial charge in [0, 0.05) is 24.6 Å². The van der Waals surface area contributed by atoms with E-state index in [1.807, 2.05) is 18.2 Å². The minimum Gasteiger partial charge on any atom is -0.399 e. The Balaban J connectivity index is 2.12. The highest BCUT2D eigenvalue weighted by Crippen LogP contribution is 2.18. The van der Waals surface area contributed by atoms with E-state index in [1.54, 1.807) is 24.5 Å². The van der Waals surface area contributed by atoms with E-state index < -0.39 is 0 Å². The number of anilines is 2. The highest BCUT2D eigenvalue weighted by molar-refractivity contribution is 5.62. The number of hydrogen-bond donors (Lipinski definition) is 2. The van der Waals surface area contributed by atoms with E-state index in [0.29, 0.717) is 17.8 Å². The first-order valence-corrected chi connectivity index (χ1v) is 5.22. The molecule has 0 atom stereocenters. The number of rotatable bonds is 3. The number of nitrogens with two attached hydrogens (primary N) is 1. The monoisotopic (exact) mass is 224 g/mol. The third-order valence-corrected chi connectivity index (χ3v) is 2.37. The molecule has 1 aromatic heterocycles. The van der Waals surface area contributed by atoms with E-state index in [1.165, 1.54) is 0 Å². The number of nitrogen functional groups attached to an aromatic ring is 1. The fraction of sp³-hybridized carbons (Fsp3) is 0.0769. The van der Waals surface area contributed by atoms with Gasteiger partial charge in [0.25, 0.3) is 0 Å². The van der Waals surface area contributed by atoms with Crippen LogP contribution in [-0.2, 0) is 6.54 Å². The molecule has 84 valence electrons. The van der Waals surface area contributed by atoms with E-state index >= 15 is 0 Å². The summed E-state index contributed by atoms with van der Waals surface area (Å²) in [5.74, 6) is 0. The fourth-order valence-corrected chi connectivity index (χ4v) is 1.51. The number of nitrogens with one attached hydrogen (secondary N) is 1. The van der Waals surface area contributed by atoms with Gasteiger partial charge in [-0.3, -0.25) is 4.98 Å². The number of aromatic nitrogens is 1. The molecule has 2 rings (SSSR count). The number of nitrogens with zero attached hydrogens (tertiary/aromatic N) is 2. The zero-order chi connectivity index (χ0) is 12.1. The van der Waals surface area contributed by atoms with Crippen LogP contribution in [0.2, 0.25) is 0 Å². The molecule has 0 bridgehead atoms. The maximum atomic E-state index is 8.98. The average molecular weight is 224 g/mol. The van der Waals surface area contributed by atoms with Crippen LogP contribution in [0.5, 0.6) is 0 Å². The molecule has 0 fully saturated rings. The van der Waals surface area contributed by atoms with Crippen molar-refractivity contribution in [3.63, 3.8) is 0 Å². The summed E-state index contributed by atoms with van der Waals surface area (Å²) < 4.78 is 0. The number of nitriles is 1. The van der Waals surface area contributed by atoms with Gasteiger partial charge in [-0.05, 0) is 29.8 Å². The summed E-state index contributed by atoms with van der Waals surface area (Å²) in [6.45, 7) is 0.631. The van der Waals surface area contributed by atoms with Crippen molar-refractivity contribution in [3.8, 4) is 6.07 Å². The number of benzene rings is 1. The van der Waals surface area contributed by atoms with Gasteiger partial charge >= 0.3 is 0 Å². The van der Waals surface area contributed by atoms with Gasteiger partial charge in [-0.2, -0.15) is 5.26 Å². The van der Waals surface area contributed by atoms with Crippen LogP contribution in [0.25, 0.3) is 0 Å². The Morgan fingerprint density at radius 1 is 1.35 bits per heavy atom. The second kappa shape index (κ2) is 4.99. The van der Waals surface area contributed by atoms with Crippen LogP contribution in [0.1, 0.15) is 11.1 Å². The molecule has 17 heavy (non-hydrogen) atoms. The molecule has 1 heterocycles. The molecule has 3 N–H and O–H groups in total. The molecule has 2 aromatic rings. The predicted molar refractivity (Wildman–Crippen MR) is 67.1 cm³/mol. The summed E-state index contributed by atoms with van der Waals surface area (Å²) in [5, 5.41) is 12.2. The number of hydrogen-bond acceptors (Lipinski definition) is 4. The normalized spacial score (nSPS) is 9.59. The lowest BCUT2D eigenvalue weighted by atomic mass is 10.1. The van der Waals surface area contributed by atoms with Gasteiger partial charge in [0.2, 0.25) is 0 Å². The van der Waals surface area contributed by atoms with Crippen LogP contribution in [0.4, 0.5) is 11.4 Å². The van der Waals surface area contributed by atoms with Crippen molar-refractivity contribution in [1.82, 2.24) is 4.98 Å².